The van der Waals surface area contributed by atoms with Gasteiger partial charge in [0.25, 0.3) is 0 Å². The second-order valence-corrected chi connectivity index (χ2v) is 3.88. The van der Waals surface area contributed by atoms with Crippen LogP contribution in [0.4, 0.5) is 0 Å². The molecule has 0 amide bonds. The molecule has 4 nitrogen and oxygen atoms in total. The van der Waals surface area contributed by atoms with E-state index in [0.717, 1.165) is 11.3 Å². The van der Waals surface area contributed by atoms with Crippen molar-refractivity contribution in [3.05, 3.63) is 29.8 Å². The fourth-order valence-electron chi connectivity index (χ4n) is 1.45. The number of hydrogen-bond donors (Lipinski definition) is 2. The molecule has 0 aliphatic heterocycles. The van der Waals surface area contributed by atoms with Crippen LogP contribution in [0.25, 0.3) is 0 Å². The van der Waals surface area contributed by atoms with Crippen LogP contribution in [0.5, 0.6) is 5.75 Å². The molecule has 96 valence electrons. The van der Waals surface area contributed by atoms with Crippen LogP contribution < -0.4 is 4.74 Å². The van der Waals surface area contributed by atoms with E-state index >= 15 is 0 Å². The van der Waals surface area contributed by atoms with Crippen molar-refractivity contribution in [1.82, 2.24) is 0 Å². The first kappa shape index (κ1) is 14.0. The van der Waals surface area contributed by atoms with Crippen molar-refractivity contribution < 1.29 is 19.7 Å². The van der Waals surface area contributed by atoms with Gasteiger partial charge < -0.3 is 19.7 Å². The quantitative estimate of drug-likeness (QED) is 0.665. The van der Waals surface area contributed by atoms with Crippen LogP contribution >= 0.6 is 0 Å². The Kier molecular flexibility index (Phi) is 6.62. The highest BCUT2D eigenvalue weighted by molar-refractivity contribution is 5.27. The molecule has 0 heterocycles. The van der Waals surface area contributed by atoms with E-state index < -0.39 is 0 Å². The average molecular weight is 240 g/mol. The summed E-state index contributed by atoms with van der Waals surface area (Å²) in [6.45, 7) is 3.08. The van der Waals surface area contributed by atoms with Gasteiger partial charge in [-0.3, -0.25) is 0 Å². The van der Waals surface area contributed by atoms with Gasteiger partial charge in [-0.05, 0) is 31.0 Å². The van der Waals surface area contributed by atoms with Crippen molar-refractivity contribution in [2.24, 2.45) is 0 Å². The summed E-state index contributed by atoms with van der Waals surface area (Å²) in [7, 11) is 0. The minimum absolute atomic E-state index is 0.0358. The molecule has 2 N–H and O–H groups in total. The summed E-state index contributed by atoms with van der Waals surface area (Å²) in [5, 5.41) is 17.7. The molecule has 0 spiro atoms. The highest BCUT2D eigenvalue weighted by atomic mass is 16.5. The minimum Gasteiger partial charge on any atom is -0.491 e. The zero-order valence-electron chi connectivity index (χ0n) is 10.1. The van der Waals surface area contributed by atoms with Crippen molar-refractivity contribution in [2.45, 2.75) is 19.4 Å². The molecule has 1 rings (SSSR count). The highest BCUT2D eigenvalue weighted by Crippen LogP contribution is 2.13. The third-order valence-electron chi connectivity index (χ3n) is 2.19. The van der Waals surface area contributed by atoms with Gasteiger partial charge in [0.05, 0.1) is 25.9 Å². The Morgan fingerprint density at radius 3 is 2.41 bits per heavy atom. The Hall–Kier alpha value is -1.10. The summed E-state index contributed by atoms with van der Waals surface area (Å²) in [4.78, 5) is 0. The Morgan fingerprint density at radius 2 is 1.82 bits per heavy atom. The molecule has 0 saturated heterocycles. The van der Waals surface area contributed by atoms with E-state index in [9.17, 15) is 5.11 Å². The number of aliphatic hydroxyl groups excluding tert-OH is 2. The average Bonchev–Trinajstić information content (AvgIpc) is 2.30. The number of hydrogen-bond acceptors (Lipinski definition) is 4. The van der Waals surface area contributed by atoms with Gasteiger partial charge in [-0.25, -0.2) is 0 Å². The van der Waals surface area contributed by atoms with Gasteiger partial charge in [0.1, 0.15) is 12.4 Å². The van der Waals surface area contributed by atoms with Crippen LogP contribution in [0.15, 0.2) is 24.3 Å². The first-order valence-electron chi connectivity index (χ1n) is 5.81. The highest BCUT2D eigenvalue weighted by Gasteiger charge is 1.99. The molecule has 0 aliphatic carbocycles. The maximum atomic E-state index is 9.23. The van der Waals surface area contributed by atoms with E-state index in [-0.39, 0.29) is 12.7 Å². The number of benzene rings is 1. The molecule has 0 aromatic heterocycles. The maximum Gasteiger partial charge on any atom is 0.119 e. The first-order valence-corrected chi connectivity index (χ1v) is 5.81. The molecule has 0 radical (unpaired) electrons. The van der Waals surface area contributed by atoms with Crippen LogP contribution in [-0.2, 0) is 11.2 Å². The van der Waals surface area contributed by atoms with E-state index in [4.69, 9.17) is 14.6 Å². The fraction of sp³-hybridized carbons (Fsp3) is 0.538. The monoisotopic (exact) mass is 240 g/mol. The van der Waals surface area contributed by atoms with Gasteiger partial charge in [-0.2, -0.15) is 0 Å². The number of rotatable bonds is 8. The van der Waals surface area contributed by atoms with Gasteiger partial charge in [-0.1, -0.05) is 12.1 Å². The van der Waals surface area contributed by atoms with Crippen LogP contribution in [0.2, 0.25) is 0 Å². The van der Waals surface area contributed by atoms with Crippen molar-refractivity contribution in [2.75, 3.05) is 26.4 Å². The second kappa shape index (κ2) is 8.06. The van der Waals surface area contributed by atoms with Crippen LogP contribution in [0, 0.1) is 0 Å². The lowest BCUT2D eigenvalue weighted by molar-refractivity contribution is 0.0705. The second-order valence-electron chi connectivity index (χ2n) is 3.88. The fourth-order valence-corrected chi connectivity index (χ4v) is 1.45. The molecular formula is C13H20O4. The summed E-state index contributed by atoms with van der Waals surface area (Å²) >= 11 is 0. The molecule has 1 atom stereocenters. The first-order chi connectivity index (χ1) is 8.22. The molecule has 0 saturated carbocycles. The number of aliphatic hydroxyl groups is 2. The zero-order valence-corrected chi connectivity index (χ0v) is 10.1. The Morgan fingerprint density at radius 1 is 1.12 bits per heavy atom. The Balaban J connectivity index is 2.25. The lowest BCUT2D eigenvalue weighted by Crippen LogP contribution is -2.09. The molecule has 1 aromatic rings. The van der Waals surface area contributed by atoms with Gasteiger partial charge in [-0.15, -0.1) is 0 Å². The molecule has 1 aromatic carbocycles. The van der Waals surface area contributed by atoms with Gasteiger partial charge in [0, 0.05) is 0 Å². The summed E-state index contributed by atoms with van der Waals surface area (Å²) in [5.41, 5.74) is 1.09. The lowest BCUT2D eigenvalue weighted by Gasteiger charge is -2.08. The summed E-state index contributed by atoms with van der Waals surface area (Å²) in [5.74, 6) is 0.784. The van der Waals surface area contributed by atoms with E-state index in [1.54, 1.807) is 6.92 Å². The lowest BCUT2D eigenvalue weighted by atomic mass is 10.1. The van der Waals surface area contributed by atoms with E-state index in [1.807, 2.05) is 24.3 Å². The minimum atomic E-state index is -0.325. The molecule has 17 heavy (non-hydrogen) atoms. The van der Waals surface area contributed by atoms with E-state index in [2.05, 4.69) is 0 Å². The largest absolute Gasteiger partial charge is 0.491 e. The smallest absolute Gasteiger partial charge is 0.119 e. The molecule has 0 aliphatic rings. The van der Waals surface area contributed by atoms with Gasteiger partial charge in [0.2, 0.25) is 0 Å². The molecule has 4 heteroatoms. The van der Waals surface area contributed by atoms with E-state index in [0.29, 0.717) is 26.2 Å². The van der Waals surface area contributed by atoms with Crippen molar-refractivity contribution in [3.8, 4) is 5.75 Å². The summed E-state index contributed by atoms with van der Waals surface area (Å²) in [6.07, 6.45) is 0.327. The zero-order chi connectivity index (χ0) is 12.5. The van der Waals surface area contributed by atoms with Crippen molar-refractivity contribution >= 4 is 0 Å². The third kappa shape index (κ3) is 6.26. The predicted molar refractivity (Wildman–Crippen MR) is 65.2 cm³/mol. The number of ether oxygens (including phenoxy) is 2. The maximum absolute atomic E-state index is 9.23. The van der Waals surface area contributed by atoms with Crippen molar-refractivity contribution in [1.29, 1.82) is 0 Å². The topological polar surface area (TPSA) is 58.9 Å². The van der Waals surface area contributed by atoms with Crippen molar-refractivity contribution in [3.63, 3.8) is 0 Å². The molecule has 0 fully saturated rings. The van der Waals surface area contributed by atoms with Gasteiger partial charge >= 0.3 is 0 Å². The molecule has 1 unspecified atom stereocenters. The SMILES string of the molecule is CC(O)Cc1ccc(OCCOCCO)cc1. The molecular weight excluding hydrogens is 220 g/mol. The van der Waals surface area contributed by atoms with E-state index in [1.165, 1.54) is 0 Å². The normalized spacial score (nSPS) is 12.4. The summed E-state index contributed by atoms with van der Waals surface area (Å²) in [6, 6.07) is 7.64. The Bertz CT molecular complexity index is 295. The predicted octanol–water partition coefficient (Wildman–Crippen LogP) is 0.998. The standard InChI is InChI=1S/C13H20O4/c1-11(15)10-12-2-4-13(5-3-12)17-9-8-16-7-6-14/h2-5,11,14-15H,6-10H2,1H3. The van der Waals surface area contributed by atoms with Crippen LogP contribution in [0.3, 0.4) is 0 Å². The molecule has 0 bridgehead atoms. The van der Waals surface area contributed by atoms with Crippen LogP contribution in [-0.4, -0.2) is 42.7 Å². The summed E-state index contributed by atoms with van der Waals surface area (Å²) < 4.78 is 10.5. The van der Waals surface area contributed by atoms with Crippen LogP contribution in [0.1, 0.15) is 12.5 Å². The third-order valence-corrected chi connectivity index (χ3v) is 2.19. The van der Waals surface area contributed by atoms with Gasteiger partial charge in [0.15, 0.2) is 0 Å². The Labute approximate surface area is 102 Å².